The molecule has 1 fully saturated rings. The molecule has 0 aromatic heterocycles. The number of hydrogen-bond acceptors (Lipinski definition) is 2. The van der Waals surface area contributed by atoms with Crippen molar-refractivity contribution < 1.29 is 9.53 Å². The van der Waals surface area contributed by atoms with Crippen LogP contribution in [0.5, 0.6) is 5.75 Å². The molecular weight excluding hydrogens is 262 g/mol. The fourth-order valence-corrected chi connectivity index (χ4v) is 2.91. The van der Waals surface area contributed by atoms with E-state index in [0.717, 1.165) is 11.3 Å². The van der Waals surface area contributed by atoms with Gasteiger partial charge in [-0.2, -0.15) is 0 Å². The summed E-state index contributed by atoms with van der Waals surface area (Å²) in [5.74, 6) is 1.05. The zero-order valence-electron chi connectivity index (χ0n) is 12.3. The van der Waals surface area contributed by atoms with Crippen LogP contribution in [0.1, 0.15) is 36.6 Å². The Morgan fingerprint density at radius 2 is 1.76 bits per heavy atom. The van der Waals surface area contributed by atoms with Crippen molar-refractivity contribution >= 4 is 5.91 Å². The minimum absolute atomic E-state index is 0.0716. The Morgan fingerprint density at radius 1 is 1.10 bits per heavy atom. The van der Waals surface area contributed by atoms with Gasteiger partial charge in [0.15, 0.2) is 0 Å². The first kappa shape index (κ1) is 13.7. The topological polar surface area (TPSA) is 29.5 Å². The van der Waals surface area contributed by atoms with Gasteiger partial charge in [-0.25, -0.2) is 0 Å². The van der Waals surface area contributed by atoms with Gasteiger partial charge in [0.25, 0.3) is 0 Å². The maximum absolute atomic E-state index is 12.1. The average Bonchev–Trinajstić information content (AvgIpc) is 2.53. The van der Waals surface area contributed by atoms with Crippen LogP contribution in [0.2, 0.25) is 0 Å². The third-order valence-electron chi connectivity index (χ3n) is 4.19. The first-order valence-electron chi connectivity index (χ1n) is 7.21. The number of amides is 1. The van der Waals surface area contributed by atoms with Gasteiger partial charge in [-0.05, 0) is 30.2 Å². The van der Waals surface area contributed by atoms with E-state index >= 15 is 0 Å². The average molecular weight is 281 g/mol. The van der Waals surface area contributed by atoms with Gasteiger partial charge in [-0.15, -0.1) is 0 Å². The maximum atomic E-state index is 12.1. The molecule has 0 saturated carbocycles. The van der Waals surface area contributed by atoms with Crippen molar-refractivity contribution in [3.05, 3.63) is 65.7 Å². The Balaban J connectivity index is 1.82. The molecule has 1 aliphatic rings. The van der Waals surface area contributed by atoms with Crippen LogP contribution in [0.4, 0.5) is 0 Å². The molecule has 0 unspecified atom stereocenters. The Hall–Kier alpha value is -2.29. The zero-order valence-corrected chi connectivity index (χ0v) is 12.3. The summed E-state index contributed by atoms with van der Waals surface area (Å²) < 4.78 is 5.18. The SMILES string of the molecule is COc1ccc([C@H](C)N2C(=O)C[C@@H]2c2ccccc2)cc1. The molecule has 2 aromatic carbocycles. The second-order valence-electron chi connectivity index (χ2n) is 5.38. The molecule has 1 aliphatic heterocycles. The Morgan fingerprint density at radius 3 is 2.33 bits per heavy atom. The van der Waals surface area contributed by atoms with Crippen LogP contribution < -0.4 is 4.74 Å². The van der Waals surface area contributed by atoms with Crippen LogP contribution in [-0.2, 0) is 4.79 Å². The van der Waals surface area contributed by atoms with Gasteiger partial charge < -0.3 is 9.64 Å². The largest absolute Gasteiger partial charge is 0.497 e. The van der Waals surface area contributed by atoms with Crippen LogP contribution in [0.25, 0.3) is 0 Å². The van der Waals surface area contributed by atoms with E-state index in [0.29, 0.717) is 6.42 Å². The number of likely N-dealkylation sites (tertiary alicyclic amines) is 1. The van der Waals surface area contributed by atoms with Gasteiger partial charge in [-0.1, -0.05) is 42.5 Å². The van der Waals surface area contributed by atoms with Gasteiger partial charge >= 0.3 is 0 Å². The predicted molar refractivity (Wildman–Crippen MR) is 82.1 cm³/mol. The highest BCUT2D eigenvalue weighted by Crippen LogP contribution is 2.41. The lowest BCUT2D eigenvalue weighted by atomic mass is 9.90. The lowest BCUT2D eigenvalue weighted by Crippen LogP contribution is -2.47. The van der Waals surface area contributed by atoms with Crippen molar-refractivity contribution in [3.63, 3.8) is 0 Å². The molecule has 108 valence electrons. The van der Waals surface area contributed by atoms with Crippen LogP contribution >= 0.6 is 0 Å². The molecule has 1 amide bonds. The Kier molecular flexibility index (Phi) is 3.65. The number of benzene rings is 2. The molecule has 2 atom stereocenters. The van der Waals surface area contributed by atoms with Gasteiger partial charge in [0.1, 0.15) is 5.75 Å². The molecule has 2 aromatic rings. The molecule has 3 nitrogen and oxygen atoms in total. The van der Waals surface area contributed by atoms with Gasteiger partial charge in [0.2, 0.25) is 5.91 Å². The number of nitrogens with zero attached hydrogens (tertiary/aromatic N) is 1. The van der Waals surface area contributed by atoms with Crippen LogP contribution in [0, 0.1) is 0 Å². The predicted octanol–water partition coefficient (Wildman–Crippen LogP) is 3.73. The van der Waals surface area contributed by atoms with Crippen molar-refractivity contribution in [1.29, 1.82) is 0 Å². The number of rotatable bonds is 4. The summed E-state index contributed by atoms with van der Waals surface area (Å²) in [6, 6.07) is 18.4. The summed E-state index contributed by atoms with van der Waals surface area (Å²) >= 11 is 0. The van der Waals surface area contributed by atoms with Crippen molar-refractivity contribution in [2.24, 2.45) is 0 Å². The van der Waals surface area contributed by atoms with Gasteiger partial charge in [-0.3, -0.25) is 4.79 Å². The summed E-state index contributed by atoms with van der Waals surface area (Å²) in [6.07, 6.45) is 0.602. The molecule has 1 heterocycles. The maximum Gasteiger partial charge on any atom is 0.226 e. The van der Waals surface area contributed by atoms with Gasteiger partial charge in [0.05, 0.1) is 25.6 Å². The normalized spacial score (nSPS) is 19.0. The summed E-state index contributed by atoms with van der Waals surface area (Å²) in [5, 5.41) is 0. The highest BCUT2D eigenvalue weighted by atomic mass is 16.5. The second kappa shape index (κ2) is 5.60. The number of hydrogen-bond donors (Lipinski definition) is 0. The van der Waals surface area contributed by atoms with Crippen molar-refractivity contribution in [1.82, 2.24) is 4.90 Å². The third kappa shape index (κ3) is 2.51. The highest BCUT2D eigenvalue weighted by Gasteiger charge is 2.40. The van der Waals surface area contributed by atoms with Crippen LogP contribution in [-0.4, -0.2) is 17.9 Å². The van der Waals surface area contributed by atoms with Gasteiger partial charge in [0, 0.05) is 0 Å². The minimum atomic E-state index is 0.0716. The number of methoxy groups -OCH3 is 1. The van der Waals surface area contributed by atoms with Crippen molar-refractivity contribution in [3.8, 4) is 5.75 Å². The first-order chi connectivity index (χ1) is 10.2. The lowest BCUT2D eigenvalue weighted by Gasteiger charge is -2.45. The van der Waals surface area contributed by atoms with Crippen molar-refractivity contribution in [2.45, 2.75) is 25.4 Å². The quantitative estimate of drug-likeness (QED) is 0.799. The molecule has 0 spiro atoms. The fraction of sp³-hybridized carbons (Fsp3) is 0.278. The fourth-order valence-electron chi connectivity index (χ4n) is 2.91. The second-order valence-corrected chi connectivity index (χ2v) is 5.38. The minimum Gasteiger partial charge on any atom is -0.497 e. The molecule has 3 rings (SSSR count). The van der Waals surface area contributed by atoms with E-state index in [4.69, 9.17) is 4.74 Å². The highest BCUT2D eigenvalue weighted by molar-refractivity contribution is 5.84. The van der Waals surface area contributed by atoms with E-state index in [2.05, 4.69) is 19.1 Å². The third-order valence-corrected chi connectivity index (χ3v) is 4.19. The molecule has 1 saturated heterocycles. The van der Waals surface area contributed by atoms with Crippen LogP contribution in [0.3, 0.4) is 0 Å². The molecule has 0 bridgehead atoms. The van der Waals surface area contributed by atoms with E-state index in [1.165, 1.54) is 5.56 Å². The van der Waals surface area contributed by atoms with E-state index in [-0.39, 0.29) is 18.0 Å². The number of ether oxygens (including phenoxy) is 1. The monoisotopic (exact) mass is 281 g/mol. The number of carbonyl (C=O) groups excluding carboxylic acids is 1. The Bertz CT molecular complexity index is 621. The summed E-state index contributed by atoms with van der Waals surface area (Å²) in [4.78, 5) is 14.0. The standard InChI is InChI=1S/C18H19NO2/c1-13(14-8-10-16(21-2)11-9-14)19-17(12-18(19)20)15-6-4-3-5-7-15/h3-11,13,17H,12H2,1-2H3/t13-,17+/m0/s1. The van der Waals surface area contributed by atoms with E-state index in [9.17, 15) is 4.79 Å². The molecule has 3 heteroatoms. The first-order valence-corrected chi connectivity index (χ1v) is 7.21. The number of β-lactam (4-membered cyclic amide) rings is 1. The Labute approximate surface area is 125 Å². The lowest BCUT2D eigenvalue weighted by molar-refractivity contribution is -0.150. The molecule has 0 N–H and O–H groups in total. The number of carbonyl (C=O) groups is 1. The van der Waals surface area contributed by atoms with E-state index in [1.54, 1.807) is 7.11 Å². The molecule has 21 heavy (non-hydrogen) atoms. The zero-order chi connectivity index (χ0) is 14.8. The van der Waals surface area contributed by atoms with Crippen molar-refractivity contribution in [2.75, 3.05) is 7.11 Å². The molecular formula is C18H19NO2. The van der Waals surface area contributed by atoms with Crippen LogP contribution in [0.15, 0.2) is 54.6 Å². The van der Waals surface area contributed by atoms with E-state index in [1.807, 2.05) is 47.4 Å². The summed E-state index contributed by atoms with van der Waals surface area (Å²) in [7, 11) is 1.66. The summed E-state index contributed by atoms with van der Waals surface area (Å²) in [5.41, 5.74) is 2.34. The van der Waals surface area contributed by atoms with E-state index < -0.39 is 0 Å². The molecule has 0 radical (unpaired) electrons. The smallest absolute Gasteiger partial charge is 0.226 e. The summed E-state index contributed by atoms with van der Waals surface area (Å²) in [6.45, 7) is 2.08. The molecule has 0 aliphatic carbocycles.